The van der Waals surface area contributed by atoms with Crippen molar-refractivity contribution in [2.75, 3.05) is 24.1 Å². The van der Waals surface area contributed by atoms with Crippen LogP contribution in [0.4, 0.5) is 11.5 Å². The zero-order chi connectivity index (χ0) is 14.4. The van der Waals surface area contributed by atoms with Gasteiger partial charge in [-0.3, -0.25) is 4.79 Å². The van der Waals surface area contributed by atoms with Crippen LogP contribution >= 0.6 is 0 Å². The average Bonchev–Trinajstić information content (AvgIpc) is 2.63. The zero-order valence-corrected chi connectivity index (χ0v) is 12.3. The Labute approximate surface area is 114 Å². The number of amides is 1. The van der Waals surface area contributed by atoms with Crippen molar-refractivity contribution in [3.8, 4) is 0 Å². The van der Waals surface area contributed by atoms with E-state index in [9.17, 15) is 4.79 Å². The Bertz CT molecular complexity index is 425. The molecule has 0 spiro atoms. The van der Waals surface area contributed by atoms with Crippen molar-refractivity contribution < 1.29 is 4.79 Å². The van der Waals surface area contributed by atoms with Crippen LogP contribution in [0.25, 0.3) is 0 Å². The third kappa shape index (κ3) is 4.46. The van der Waals surface area contributed by atoms with E-state index < -0.39 is 0 Å². The minimum Gasteiger partial charge on any atom is -0.394 e. The first-order valence-electron chi connectivity index (χ1n) is 6.79. The molecule has 6 nitrogen and oxygen atoms in total. The van der Waals surface area contributed by atoms with E-state index in [-0.39, 0.29) is 5.91 Å². The molecule has 0 aliphatic rings. The Morgan fingerprint density at radius 2 is 2.16 bits per heavy atom. The van der Waals surface area contributed by atoms with Crippen molar-refractivity contribution in [2.24, 2.45) is 5.92 Å². The number of nitrogen functional groups attached to an aromatic ring is 1. The molecule has 6 heteroatoms. The second-order valence-corrected chi connectivity index (χ2v) is 5.04. The molecular weight excluding hydrogens is 242 g/mol. The van der Waals surface area contributed by atoms with Crippen LogP contribution in [0, 0.1) is 12.8 Å². The molecule has 0 radical (unpaired) electrons. The van der Waals surface area contributed by atoms with Gasteiger partial charge in [0.1, 0.15) is 5.82 Å². The molecule has 4 N–H and O–H groups in total. The Kier molecular flexibility index (Phi) is 5.66. The molecule has 0 aromatic carbocycles. The van der Waals surface area contributed by atoms with Gasteiger partial charge in [-0.2, -0.15) is 5.10 Å². The second-order valence-electron chi connectivity index (χ2n) is 5.04. The number of anilines is 2. The fourth-order valence-electron chi connectivity index (χ4n) is 1.71. The third-order valence-corrected chi connectivity index (χ3v) is 2.83. The van der Waals surface area contributed by atoms with Crippen molar-refractivity contribution in [2.45, 2.75) is 40.7 Å². The highest BCUT2D eigenvalue weighted by Crippen LogP contribution is 2.21. The van der Waals surface area contributed by atoms with Gasteiger partial charge in [0.2, 0.25) is 5.91 Å². The normalized spacial score (nSPS) is 10.8. The fraction of sp³-hybridized carbons (Fsp3) is 0.692. The smallest absolute Gasteiger partial charge is 0.221 e. The van der Waals surface area contributed by atoms with Gasteiger partial charge in [0.05, 0.1) is 11.4 Å². The van der Waals surface area contributed by atoms with E-state index in [0.29, 0.717) is 31.1 Å². The minimum atomic E-state index is 0.0547. The molecule has 0 atom stereocenters. The average molecular weight is 267 g/mol. The molecule has 19 heavy (non-hydrogen) atoms. The topological polar surface area (TPSA) is 85.0 Å². The van der Waals surface area contributed by atoms with Crippen molar-refractivity contribution in [3.63, 3.8) is 0 Å². The van der Waals surface area contributed by atoms with Gasteiger partial charge in [0, 0.05) is 26.1 Å². The molecular formula is C13H25N5O. The highest BCUT2D eigenvalue weighted by Gasteiger charge is 2.11. The summed E-state index contributed by atoms with van der Waals surface area (Å²) in [5, 5.41) is 10.4. The summed E-state index contributed by atoms with van der Waals surface area (Å²) in [6.07, 6.45) is 0.431. The van der Waals surface area contributed by atoms with E-state index >= 15 is 0 Å². The number of nitrogens with one attached hydrogen (secondary N) is 2. The fourth-order valence-corrected chi connectivity index (χ4v) is 1.71. The van der Waals surface area contributed by atoms with Gasteiger partial charge in [-0.15, -0.1) is 0 Å². The van der Waals surface area contributed by atoms with Crippen LogP contribution in [-0.4, -0.2) is 28.8 Å². The lowest BCUT2D eigenvalue weighted by Gasteiger charge is -2.10. The summed E-state index contributed by atoms with van der Waals surface area (Å²) in [6, 6.07) is 0. The quantitative estimate of drug-likeness (QED) is 0.696. The maximum absolute atomic E-state index is 11.6. The molecule has 0 fully saturated rings. The van der Waals surface area contributed by atoms with Crippen LogP contribution < -0.4 is 16.4 Å². The number of aryl methyl sites for hydroxylation is 2. The zero-order valence-electron chi connectivity index (χ0n) is 12.3. The highest BCUT2D eigenvalue weighted by atomic mass is 16.1. The van der Waals surface area contributed by atoms with Gasteiger partial charge in [-0.25, -0.2) is 4.68 Å². The molecule has 1 amide bonds. The van der Waals surface area contributed by atoms with E-state index in [4.69, 9.17) is 5.73 Å². The van der Waals surface area contributed by atoms with E-state index in [0.717, 1.165) is 18.1 Å². The van der Waals surface area contributed by atoms with Gasteiger partial charge < -0.3 is 16.4 Å². The number of carbonyl (C=O) groups excluding carboxylic acids is 1. The molecule has 1 rings (SSSR count). The monoisotopic (exact) mass is 267 g/mol. The first-order valence-corrected chi connectivity index (χ1v) is 6.79. The number of nitrogens with zero attached hydrogens (tertiary/aromatic N) is 2. The number of aromatic nitrogens is 2. The molecule has 0 aliphatic carbocycles. The van der Waals surface area contributed by atoms with Gasteiger partial charge in [0.15, 0.2) is 0 Å². The van der Waals surface area contributed by atoms with Crippen LogP contribution in [0.5, 0.6) is 0 Å². The first-order chi connectivity index (χ1) is 8.95. The SMILES string of the molecule is CCn1nc(C)c(N)c1NCCC(=O)NCC(C)C. The molecule has 1 aromatic heterocycles. The maximum Gasteiger partial charge on any atom is 0.221 e. The van der Waals surface area contributed by atoms with Crippen molar-refractivity contribution in [1.29, 1.82) is 0 Å². The molecule has 0 unspecified atom stereocenters. The Hall–Kier alpha value is -1.72. The Morgan fingerprint density at radius 3 is 2.74 bits per heavy atom. The number of hydrogen-bond donors (Lipinski definition) is 3. The van der Waals surface area contributed by atoms with Gasteiger partial charge in [0.25, 0.3) is 0 Å². The van der Waals surface area contributed by atoms with Crippen LogP contribution in [0.15, 0.2) is 0 Å². The van der Waals surface area contributed by atoms with E-state index in [1.165, 1.54) is 0 Å². The van der Waals surface area contributed by atoms with Crippen molar-refractivity contribution in [3.05, 3.63) is 5.69 Å². The lowest BCUT2D eigenvalue weighted by atomic mass is 10.2. The summed E-state index contributed by atoms with van der Waals surface area (Å²) in [5.41, 5.74) is 7.42. The Morgan fingerprint density at radius 1 is 1.47 bits per heavy atom. The number of rotatable bonds is 7. The third-order valence-electron chi connectivity index (χ3n) is 2.83. The highest BCUT2D eigenvalue weighted by molar-refractivity contribution is 5.76. The maximum atomic E-state index is 11.6. The second kappa shape index (κ2) is 7.01. The van der Waals surface area contributed by atoms with E-state index in [1.807, 2.05) is 18.5 Å². The van der Waals surface area contributed by atoms with Gasteiger partial charge in [-0.1, -0.05) is 13.8 Å². The van der Waals surface area contributed by atoms with Crippen molar-refractivity contribution in [1.82, 2.24) is 15.1 Å². The lowest BCUT2D eigenvalue weighted by molar-refractivity contribution is -0.120. The van der Waals surface area contributed by atoms with E-state index in [2.05, 4.69) is 29.6 Å². The molecule has 0 saturated carbocycles. The summed E-state index contributed by atoms with van der Waals surface area (Å²) < 4.78 is 1.82. The summed E-state index contributed by atoms with van der Waals surface area (Å²) in [7, 11) is 0. The summed E-state index contributed by atoms with van der Waals surface area (Å²) in [5.74, 6) is 1.33. The summed E-state index contributed by atoms with van der Waals surface area (Å²) >= 11 is 0. The van der Waals surface area contributed by atoms with E-state index in [1.54, 1.807) is 0 Å². The molecule has 108 valence electrons. The number of nitrogens with two attached hydrogens (primary N) is 1. The molecule has 0 saturated heterocycles. The Balaban J connectivity index is 2.43. The molecule has 0 aliphatic heterocycles. The summed E-state index contributed by atoms with van der Waals surface area (Å²) in [4.78, 5) is 11.6. The predicted octanol–water partition coefficient (Wildman–Crippen LogP) is 1.37. The summed E-state index contributed by atoms with van der Waals surface area (Å²) in [6.45, 7) is 10.0. The molecule has 1 aromatic rings. The van der Waals surface area contributed by atoms with Crippen molar-refractivity contribution >= 4 is 17.4 Å². The lowest BCUT2D eigenvalue weighted by Crippen LogP contribution is -2.29. The minimum absolute atomic E-state index is 0.0547. The first kappa shape index (κ1) is 15.3. The van der Waals surface area contributed by atoms with Crippen LogP contribution in [0.2, 0.25) is 0 Å². The predicted molar refractivity (Wildman–Crippen MR) is 78.0 cm³/mol. The molecule has 1 heterocycles. The molecule has 0 bridgehead atoms. The van der Waals surface area contributed by atoms with Crippen LogP contribution in [0.3, 0.4) is 0 Å². The largest absolute Gasteiger partial charge is 0.394 e. The number of carbonyl (C=O) groups is 1. The van der Waals surface area contributed by atoms with Crippen LogP contribution in [-0.2, 0) is 11.3 Å². The van der Waals surface area contributed by atoms with Crippen LogP contribution in [0.1, 0.15) is 32.9 Å². The number of hydrogen-bond acceptors (Lipinski definition) is 4. The van der Waals surface area contributed by atoms with Gasteiger partial charge >= 0.3 is 0 Å². The van der Waals surface area contributed by atoms with Gasteiger partial charge in [-0.05, 0) is 19.8 Å². The standard InChI is InChI=1S/C13H25N5O/c1-5-18-13(12(14)10(4)17-18)15-7-6-11(19)16-8-9(2)3/h9,15H,5-8,14H2,1-4H3,(H,16,19).